The largest absolute Gasteiger partial charge is 0.463 e. The van der Waals surface area contributed by atoms with Crippen LogP contribution in [0.4, 0.5) is 0 Å². The van der Waals surface area contributed by atoms with Crippen molar-refractivity contribution in [2.75, 3.05) is 13.2 Å². The first kappa shape index (κ1) is 49.7. The van der Waals surface area contributed by atoms with Crippen LogP contribution in [0.25, 0.3) is 0 Å². The standard InChI is InChI=1S/C42H78O13/c1-3-5-7-9-11-13-15-17-19-21-23-25-27-33(43)51-29-31-35(45)37(47)39(49)41(53-31)52-30-32-36(46)38(48)40(50)42(54-32)55-34(44)28-26-24-22-20-18-16-14-12-10-8-6-4-2/h31-32,35-42,45-50H,3-30H2,1-2H3. The predicted molar refractivity (Wildman–Crippen MR) is 208 cm³/mol. The molecule has 0 amide bonds. The third kappa shape index (κ3) is 20.7. The highest BCUT2D eigenvalue weighted by molar-refractivity contribution is 5.69. The minimum atomic E-state index is -1.73. The summed E-state index contributed by atoms with van der Waals surface area (Å²) in [5, 5.41) is 62.9. The lowest BCUT2D eigenvalue weighted by Crippen LogP contribution is -2.62. The monoisotopic (exact) mass is 791 g/mol. The Morgan fingerprint density at radius 3 is 1.20 bits per heavy atom. The minimum absolute atomic E-state index is 0.109. The average Bonchev–Trinajstić information content (AvgIpc) is 3.17. The third-order valence-corrected chi connectivity index (χ3v) is 10.9. The Kier molecular flexibility index (Phi) is 27.7. The van der Waals surface area contributed by atoms with Crippen molar-refractivity contribution in [3.63, 3.8) is 0 Å². The number of rotatable bonds is 32. The Morgan fingerprint density at radius 2 is 0.764 bits per heavy atom. The van der Waals surface area contributed by atoms with E-state index in [4.69, 9.17) is 23.7 Å². The van der Waals surface area contributed by atoms with Crippen LogP contribution in [0.3, 0.4) is 0 Å². The minimum Gasteiger partial charge on any atom is -0.463 e. The number of unbranched alkanes of at least 4 members (excludes halogenated alkanes) is 22. The zero-order valence-electron chi connectivity index (χ0n) is 34.1. The van der Waals surface area contributed by atoms with E-state index >= 15 is 0 Å². The van der Waals surface area contributed by atoms with E-state index in [9.17, 15) is 40.2 Å². The maximum atomic E-state index is 12.5. The molecule has 2 rings (SSSR count). The van der Waals surface area contributed by atoms with Crippen molar-refractivity contribution in [1.29, 1.82) is 0 Å². The van der Waals surface area contributed by atoms with E-state index in [2.05, 4.69) is 13.8 Å². The number of hydrogen-bond acceptors (Lipinski definition) is 13. The van der Waals surface area contributed by atoms with E-state index in [-0.39, 0.29) is 19.4 Å². The van der Waals surface area contributed by atoms with Crippen molar-refractivity contribution in [3.8, 4) is 0 Å². The molecule has 2 aliphatic heterocycles. The Labute approximate surface area is 330 Å². The summed E-state index contributed by atoms with van der Waals surface area (Å²) in [5.74, 6) is -1.08. The van der Waals surface area contributed by atoms with Crippen molar-refractivity contribution < 1.29 is 63.9 Å². The van der Waals surface area contributed by atoms with Gasteiger partial charge < -0.3 is 54.3 Å². The van der Waals surface area contributed by atoms with Crippen molar-refractivity contribution >= 4 is 11.9 Å². The number of aliphatic hydroxyl groups excluding tert-OH is 6. The van der Waals surface area contributed by atoms with Gasteiger partial charge >= 0.3 is 11.9 Å². The highest BCUT2D eigenvalue weighted by atomic mass is 16.7. The molecule has 13 heteroatoms. The van der Waals surface area contributed by atoms with Gasteiger partial charge in [-0.15, -0.1) is 0 Å². The Bertz CT molecular complexity index is 970. The second-order valence-corrected chi connectivity index (χ2v) is 15.8. The summed E-state index contributed by atoms with van der Waals surface area (Å²) in [6.45, 7) is 3.55. The van der Waals surface area contributed by atoms with Crippen LogP contribution in [0, 0.1) is 0 Å². The van der Waals surface area contributed by atoms with Crippen LogP contribution in [0.5, 0.6) is 0 Å². The molecule has 0 spiro atoms. The number of carbonyl (C=O) groups excluding carboxylic acids is 2. The van der Waals surface area contributed by atoms with Gasteiger partial charge in [0.25, 0.3) is 0 Å². The normalized spacial score (nSPS) is 28.3. The quantitative estimate of drug-likeness (QED) is 0.0349. The van der Waals surface area contributed by atoms with Crippen molar-refractivity contribution in [2.24, 2.45) is 0 Å². The molecule has 10 unspecified atom stereocenters. The molecule has 0 aromatic rings. The van der Waals surface area contributed by atoms with E-state index in [1.165, 1.54) is 103 Å². The van der Waals surface area contributed by atoms with Gasteiger partial charge in [-0.3, -0.25) is 9.59 Å². The first-order valence-corrected chi connectivity index (χ1v) is 22.0. The lowest BCUT2D eigenvalue weighted by Gasteiger charge is -2.42. The summed E-state index contributed by atoms with van der Waals surface area (Å²) in [6.07, 6.45) is 12.5. The summed E-state index contributed by atoms with van der Waals surface area (Å²) < 4.78 is 27.4. The van der Waals surface area contributed by atoms with E-state index in [0.717, 1.165) is 38.5 Å². The van der Waals surface area contributed by atoms with Gasteiger partial charge in [-0.05, 0) is 12.8 Å². The first-order valence-electron chi connectivity index (χ1n) is 22.0. The van der Waals surface area contributed by atoms with Crippen molar-refractivity contribution in [2.45, 2.75) is 242 Å². The number of ether oxygens (including phenoxy) is 5. The summed E-state index contributed by atoms with van der Waals surface area (Å²) in [6, 6.07) is 0. The zero-order valence-corrected chi connectivity index (χ0v) is 34.1. The van der Waals surface area contributed by atoms with Crippen molar-refractivity contribution in [3.05, 3.63) is 0 Å². The molecule has 13 nitrogen and oxygen atoms in total. The molecule has 0 radical (unpaired) electrons. The molecule has 0 saturated carbocycles. The Hall–Kier alpha value is -1.42. The molecule has 0 aromatic heterocycles. The molecule has 0 bridgehead atoms. The highest BCUT2D eigenvalue weighted by Crippen LogP contribution is 2.27. The molecular weight excluding hydrogens is 712 g/mol. The number of esters is 2. The highest BCUT2D eigenvalue weighted by Gasteiger charge is 2.48. The maximum Gasteiger partial charge on any atom is 0.308 e. The second kappa shape index (κ2) is 30.6. The van der Waals surface area contributed by atoms with Crippen LogP contribution in [0.2, 0.25) is 0 Å². The third-order valence-electron chi connectivity index (χ3n) is 10.9. The summed E-state index contributed by atoms with van der Waals surface area (Å²) in [7, 11) is 0. The van der Waals surface area contributed by atoms with Gasteiger partial charge in [-0.1, -0.05) is 155 Å². The van der Waals surface area contributed by atoms with Gasteiger partial charge in [-0.2, -0.15) is 0 Å². The summed E-state index contributed by atoms with van der Waals surface area (Å²) >= 11 is 0. The second-order valence-electron chi connectivity index (χ2n) is 15.8. The molecule has 6 N–H and O–H groups in total. The van der Waals surface area contributed by atoms with Gasteiger partial charge in [0.1, 0.15) is 55.4 Å². The van der Waals surface area contributed by atoms with E-state index < -0.39 is 80.0 Å². The Balaban J connectivity index is 1.67. The van der Waals surface area contributed by atoms with Crippen LogP contribution in [0.1, 0.15) is 181 Å². The fourth-order valence-corrected chi connectivity index (χ4v) is 7.19. The van der Waals surface area contributed by atoms with Gasteiger partial charge in [-0.25, -0.2) is 0 Å². The number of aliphatic hydroxyl groups is 6. The molecule has 324 valence electrons. The van der Waals surface area contributed by atoms with Gasteiger partial charge in [0.05, 0.1) is 6.61 Å². The van der Waals surface area contributed by atoms with Gasteiger partial charge in [0.15, 0.2) is 6.29 Å². The van der Waals surface area contributed by atoms with E-state index in [1.807, 2.05) is 0 Å². The van der Waals surface area contributed by atoms with Crippen LogP contribution < -0.4 is 0 Å². The first-order chi connectivity index (χ1) is 26.6. The number of carbonyl (C=O) groups is 2. The maximum absolute atomic E-state index is 12.5. The van der Waals surface area contributed by atoms with E-state index in [0.29, 0.717) is 12.8 Å². The van der Waals surface area contributed by atoms with Crippen LogP contribution in [-0.2, 0) is 33.3 Å². The SMILES string of the molecule is CCCCCCCCCCCCCCC(=O)OCC1OC(OCC2OC(OC(=O)CCCCCCCCCCCCCC)C(O)C(O)C2O)C(O)C(O)C1O. The smallest absolute Gasteiger partial charge is 0.308 e. The van der Waals surface area contributed by atoms with Gasteiger partial charge in [0.2, 0.25) is 6.29 Å². The topological polar surface area (TPSA) is 202 Å². The molecule has 10 atom stereocenters. The molecule has 2 heterocycles. The van der Waals surface area contributed by atoms with Crippen LogP contribution >= 0.6 is 0 Å². The molecule has 0 aromatic carbocycles. The number of hydrogen-bond donors (Lipinski definition) is 6. The van der Waals surface area contributed by atoms with Gasteiger partial charge in [0, 0.05) is 12.8 Å². The molecule has 2 aliphatic rings. The van der Waals surface area contributed by atoms with Crippen LogP contribution in [0.15, 0.2) is 0 Å². The molecule has 0 aliphatic carbocycles. The molecule has 55 heavy (non-hydrogen) atoms. The van der Waals surface area contributed by atoms with E-state index in [1.54, 1.807) is 0 Å². The van der Waals surface area contributed by atoms with Crippen LogP contribution in [-0.4, -0.2) is 117 Å². The zero-order chi connectivity index (χ0) is 40.3. The Morgan fingerprint density at radius 1 is 0.418 bits per heavy atom. The average molecular weight is 791 g/mol. The lowest BCUT2D eigenvalue weighted by atomic mass is 9.98. The molecule has 2 fully saturated rings. The fourth-order valence-electron chi connectivity index (χ4n) is 7.19. The van der Waals surface area contributed by atoms with Crippen molar-refractivity contribution in [1.82, 2.24) is 0 Å². The fraction of sp³-hybridized carbons (Fsp3) is 0.952. The predicted octanol–water partition coefficient (Wildman–Crippen LogP) is 5.89. The lowest BCUT2D eigenvalue weighted by molar-refractivity contribution is -0.327. The summed E-state index contributed by atoms with van der Waals surface area (Å²) in [5.41, 5.74) is 0. The summed E-state index contributed by atoms with van der Waals surface area (Å²) in [4.78, 5) is 24.9. The molecule has 2 saturated heterocycles. The molecular formula is C42H78O13.